The lowest BCUT2D eigenvalue weighted by Crippen LogP contribution is -2.47. The van der Waals surface area contributed by atoms with Gasteiger partial charge in [-0.05, 0) is 24.1 Å². The van der Waals surface area contributed by atoms with Crippen LogP contribution in [0, 0.1) is 5.82 Å². The molecule has 0 bridgehead atoms. The summed E-state index contributed by atoms with van der Waals surface area (Å²) >= 11 is 0. The van der Waals surface area contributed by atoms with Crippen molar-refractivity contribution in [2.24, 2.45) is 5.73 Å². The monoisotopic (exact) mass is 307 g/mol. The Balaban J connectivity index is 1.86. The Morgan fingerprint density at radius 3 is 2.73 bits per heavy atom. The van der Waals surface area contributed by atoms with E-state index in [1.807, 2.05) is 6.07 Å². The minimum atomic E-state index is -0.454. The van der Waals surface area contributed by atoms with Gasteiger partial charge in [-0.2, -0.15) is 0 Å². The molecule has 0 spiro atoms. The van der Waals surface area contributed by atoms with Crippen molar-refractivity contribution in [3.05, 3.63) is 35.6 Å². The second-order valence-corrected chi connectivity index (χ2v) is 5.94. The van der Waals surface area contributed by atoms with Gasteiger partial charge in [0.2, 0.25) is 5.91 Å². The minimum absolute atomic E-state index is 0.0143. The number of hydrogen-bond donors (Lipinski definition) is 1. The maximum atomic E-state index is 13.6. The van der Waals surface area contributed by atoms with Crippen LogP contribution >= 0.6 is 0 Å². The molecule has 6 heteroatoms. The van der Waals surface area contributed by atoms with E-state index in [2.05, 4.69) is 4.90 Å². The second-order valence-electron chi connectivity index (χ2n) is 5.94. The number of hydrogen-bond acceptors (Lipinski definition) is 4. The summed E-state index contributed by atoms with van der Waals surface area (Å²) in [6.45, 7) is 3.79. The number of morpholine rings is 1. The van der Waals surface area contributed by atoms with Crippen molar-refractivity contribution in [1.29, 1.82) is 0 Å². The Morgan fingerprint density at radius 1 is 1.32 bits per heavy atom. The number of ether oxygens (including phenoxy) is 1. The average molecular weight is 307 g/mol. The Labute approximate surface area is 129 Å². The van der Waals surface area contributed by atoms with E-state index >= 15 is 0 Å². The Hall–Kier alpha value is -1.50. The van der Waals surface area contributed by atoms with Crippen LogP contribution in [0.2, 0.25) is 0 Å². The first kappa shape index (κ1) is 15.4. The highest BCUT2D eigenvalue weighted by Gasteiger charge is 2.35. The van der Waals surface area contributed by atoms with E-state index in [0.717, 1.165) is 6.42 Å². The summed E-state index contributed by atoms with van der Waals surface area (Å²) in [6, 6.07) is 5.91. The number of benzene rings is 1. The molecular weight excluding hydrogens is 285 g/mol. The zero-order valence-electron chi connectivity index (χ0n) is 12.6. The molecule has 0 aliphatic carbocycles. The normalized spacial score (nSPS) is 24.5. The Morgan fingerprint density at radius 2 is 2.09 bits per heavy atom. The number of nitrogens with two attached hydrogens (primary N) is 1. The highest BCUT2D eigenvalue weighted by molar-refractivity contribution is 5.83. The number of carbonyl (C=O) groups is 1. The molecule has 2 fully saturated rings. The van der Waals surface area contributed by atoms with E-state index in [-0.39, 0.29) is 17.8 Å². The second kappa shape index (κ2) is 6.73. The molecule has 2 heterocycles. The topological polar surface area (TPSA) is 58.8 Å². The first-order chi connectivity index (χ1) is 10.6. The SMILES string of the molecule is NC1CCN(C(=O)C(c2cccc(F)c2)N2CCOCC2)C1. The van der Waals surface area contributed by atoms with Gasteiger partial charge in [-0.15, -0.1) is 0 Å². The molecule has 2 aliphatic rings. The van der Waals surface area contributed by atoms with Gasteiger partial charge in [0, 0.05) is 32.2 Å². The fraction of sp³-hybridized carbons (Fsp3) is 0.562. The molecule has 3 rings (SSSR count). The Bertz CT molecular complexity index is 534. The maximum absolute atomic E-state index is 13.6. The summed E-state index contributed by atoms with van der Waals surface area (Å²) in [5.74, 6) is -0.304. The third kappa shape index (κ3) is 3.29. The van der Waals surface area contributed by atoms with Crippen LogP contribution in [-0.4, -0.2) is 61.1 Å². The summed E-state index contributed by atoms with van der Waals surface area (Å²) in [7, 11) is 0. The van der Waals surface area contributed by atoms with Crippen LogP contribution in [0.15, 0.2) is 24.3 Å². The molecule has 2 saturated heterocycles. The van der Waals surface area contributed by atoms with Gasteiger partial charge >= 0.3 is 0 Å². The largest absolute Gasteiger partial charge is 0.379 e. The zero-order valence-corrected chi connectivity index (χ0v) is 12.6. The number of carbonyl (C=O) groups excluding carboxylic acids is 1. The van der Waals surface area contributed by atoms with E-state index in [1.165, 1.54) is 12.1 Å². The van der Waals surface area contributed by atoms with Crippen LogP contribution in [0.1, 0.15) is 18.0 Å². The molecule has 1 aromatic rings. The van der Waals surface area contributed by atoms with E-state index in [9.17, 15) is 9.18 Å². The third-order valence-corrected chi connectivity index (χ3v) is 4.35. The predicted octanol–water partition coefficient (Wildman–Crippen LogP) is 0.759. The Kier molecular flexibility index (Phi) is 4.71. The molecule has 2 N–H and O–H groups in total. The van der Waals surface area contributed by atoms with E-state index < -0.39 is 6.04 Å². The molecule has 0 aromatic heterocycles. The molecule has 5 nitrogen and oxygen atoms in total. The van der Waals surface area contributed by atoms with Crippen LogP contribution < -0.4 is 5.73 Å². The molecular formula is C16H22FN3O2. The highest BCUT2D eigenvalue weighted by Crippen LogP contribution is 2.26. The van der Waals surface area contributed by atoms with Gasteiger partial charge in [0.1, 0.15) is 11.9 Å². The van der Waals surface area contributed by atoms with E-state index in [4.69, 9.17) is 10.5 Å². The lowest BCUT2D eigenvalue weighted by atomic mass is 10.0. The molecule has 2 unspecified atom stereocenters. The van der Waals surface area contributed by atoms with Crippen molar-refractivity contribution >= 4 is 5.91 Å². The van der Waals surface area contributed by atoms with E-state index in [0.29, 0.717) is 45.0 Å². The van der Waals surface area contributed by atoms with Crippen molar-refractivity contribution in [2.45, 2.75) is 18.5 Å². The van der Waals surface area contributed by atoms with Crippen LogP contribution in [0.3, 0.4) is 0 Å². The smallest absolute Gasteiger partial charge is 0.244 e. The van der Waals surface area contributed by atoms with Crippen molar-refractivity contribution in [3.63, 3.8) is 0 Å². The maximum Gasteiger partial charge on any atom is 0.244 e. The first-order valence-electron chi connectivity index (χ1n) is 7.77. The molecule has 0 saturated carbocycles. The zero-order chi connectivity index (χ0) is 15.5. The molecule has 120 valence electrons. The van der Waals surface area contributed by atoms with Crippen molar-refractivity contribution < 1.29 is 13.9 Å². The molecule has 2 atom stereocenters. The molecule has 1 aromatic carbocycles. The molecule has 22 heavy (non-hydrogen) atoms. The van der Waals surface area contributed by atoms with Crippen molar-refractivity contribution in [1.82, 2.24) is 9.80 Å². The summed E-state index contributed by atoms with van der Waals surface area (Å²) < 4.78 is 19.0. The summed E-state index contributed by atoms with van der Waals surface area (Å²) in [4.78, 5) is 16.8. The van der Waals surface area contributed by atoms with Gasteiger partial charge in [-0.25, -0.2) is 4.39 Å². The average Bonchev–Trinajstić information content (AvgIpc) is 2.95. The van der Waals surface area contributed by atoms with Gasteiger partial charge in [-0.3, -0.25) is 9.69 Å². The fourth-order valence-electron chi connectivity index (χ4n) is 3.18. The third-order valence-electron chi connectivity index (χ3n) is 4.35. The standard InChI is InChI=1S/C16H22FN3O2/c17-13-3-1-2-12(10-13)15(19-6-8-22-9-7-19)16(21)20-5-4-14(18)11-20/h1-3,10,14-15H,4-9,11,18H2. The molecule has 0 radical (unpaired) electrons. The highest BCUT2D eigenvalue weighted by atomic mass is 19.1. The number of rotatable bonds is 3. The van der Waals surface area contributed by atoms with E-state index in [1.54, 1.807) is 11.0 Å². The number of likely N-dealkylation sites (tertiary alicyclic amines) is 1. The van der Waals surface area contributed by atoms with Crippen LogP contribution in [0.5, 0.6) is 0 Å². The number of amides is 1. The van der Waals surface area contributed by atoms with Crippen LogP contribution in [0.4, 0.5) is 4.39 Å². The van der Waals surface area contributed by atoms with Crippen LogP contribution in [0.25, 0.3) is 0 Å². The van der Waals surface area contributed by atoms with Gasteiger partial charge in [0.05, 0.1) is 13.2 Å². The molecule has 2 aliphatic heterocycles. The lowest BCUT2D eigenvalue weighted by Gasteiger charge is -2.35. The van der Waals surface area contributed by atoms with Gasteiger partial charge < -0.3 is 15.4 Å². The summed E-state index contributed by atoms with van der Waals surface area (Å²) in [5.41, 5.74) is 6.62. The predicted molar refractivity (Wildman–Crippen MR) is 80.7 cm³/mol. The molecule has 1 amide bonds. The van der Waals surface area contributed by atoms with Gasteiger partial charge in [0.15, 0.2) is 0 Å². The fourth-order valence-corrected chi connectivity index (χ4v) is 3.18. The number of halogens is 1. The summed E-state index contributed by atoms with van der Waals surface area (Å²) in [5, 5.41) is 0. The lowest BCUT2D eigenvalue weighted by molar-refractivity contribution is -0.138. The van der Waals surface area contributed by atoms with Crippen molar-refractivity contribution in [2.75, 3.05) is 39.4 Å². The summed E-state index contributed by atoms with van der Waals surface area (Å²) in [6.07, 6.45) is 0.824. The van der Waals surface area contributed by atoms with Gasteiger partial charge in [0.25, 0.3) is 0 Å². The van der Waals surface area contributed by atoms with Crippen molar-refractivity contribution in [3.8, 4) is 0 Å². The van der Waals surface area contributed by atoms with Crippen LogP contribution in [-0.2, 0) is 9.53 Å². The first-order valence-corrected chi connectivity index (χ1v) is 7.77. The number of nitrogens with zero attached hydrogens (tertiary/aromatic N) is 2. The minimum Gasteiger partial charge on any atom is -0.379 e. The van der Waals surface area contributed by atoms with Gasteiger partial charge in [-0.1, -0.05) is 12.1 Å². The quantitative estimate of drug-likeness (QED) is 0.896.